The third-order valence-corrected chi connectivity index (χ3v) is 3.87. The van der Waals surface area contributed by atoms with Gasteiger partial charge in [0.1, 0.15) is 0 Å². The number of hydrogen-bond acceptors (Lipinski definition) is 2. The van der Waals surface area contributed by atoms with Gasteiger partial charge >= 0.3 is 0 Å². The van der Waals surface area contributed by atoms with Gasteiger partial charge < -0.3 is 10.0 Å². The zero-order valence-corrected chi connectivity index (χ0v) is 11.0. The predicted octanol–water partition coefficient (Wildman–Crippen LogP) is 2.51. The molecule has 0 aromatic heterocycles. The van der Waals surface area contributed by atoms with Gasteiger partial charge in [-0.25, -0.2) is 0 Å². The molecule has 0 heterocycles. The SMILES string of the molecule is CC(C)CCN(C)C1CCC(C)(C)C1O. The Bertz CT molecular complexity index is 201. The molecular weight excluding hydrogens is 186 g/mol. The highest BCUT2D eigenvalue weighted by Gasteiger charge is 2.42. The minimum Gasteiger partial charge on any atom is -0.391 e. The standard InChI is InChI=1S/C13H27NO/c1-10(2)7-9-14(5)11-6-8-13(3,4)12(11)15/h10-12,15H,6-9H2,1-5H3. The molecule has 15 heavy (non-hydrogen) atoms. The minimum absolute atomic E-state index is 0.108. The number of likely N-dealkylation sites (N-methyl/N-ethyl adjacent to an activating group) is 1. The van der Waals surface area contributed by atoms with E-state index in [1.165, 1.54) is 6.42 Å². The van der Waals surface area contributed by atoms with E-state index >= 15 is 0 Å². The van der Waals surface area contributed by atoms with Crippen LogP contribution in [0.25, 0.3) is 0 Å². The fourth-order valence-electron chi connectivity index (χ4n) is 2.44. The van der Waals surface area contributed by atoms with Crippen LogP contribution in [-0.4, -0.2) is 35.7 Å². The van der Waals surface area contributed by atoms with E-state index < -0.39 is 0 Å². The fourth-order valence-corrected chi connectivity index (χ4v) is 2.44. The van der Waals surface area contributed by atoms with Crippen LogP contribution in [0, 0.1) is 11.3 Å². The van der Waals surface area contributed by atoms with Gasteiger partial charge in [-0.05, 0) is 44.2 Å². The molecule has 1 aliphatic rings. The van der Waals surface area contributed by atoms with Crippen molar-refractivity contribution in [1.29, 1.82) is 0 Å². The van der Waals surface area contributed by atoms with Crippen molar-refractivity contribution >= 4 is 0 Å². The molecule has 2 nitrogen and oxygen atoms in total. The summed E-state index contributed by atoms with van der Waals surface area (Å²) in [6.07, 6.45) is 3.35. The first-order valence-electron chi connectivity index (χ1n) is 6.23. The summed E-state index contributed by atoms with van der Waals surface area (Å²) in [5.74, 6) is 0.749. The van der Waals surface area contributed by atoms with Crippen LogP contribution in [0.2, 0.25) is 0 Å². The summed E-state index contributed by atoms with van der Waals surface area (Å²) in [6, 6.07) is 0.374. The molecule has 2 heteroatoms. The highest BCUT2D eigenvalue weighted by Crippen LogP contribution is 2.39. The normalized spacial score (nSPS) is 30.4. The molecule has 2 unspecified atom stereocenters. The molecule has 0 aromatic rings. The van der Waals surface area contributed by atoms with Crippen LogP contribution < -0.4 is 0 Å². The molecule has 0 aliphatic heterocycles. The van der Waals surface area contributed by atoms with Crippen molar-refractivity contribution in [3.8, 4) is 0 Å². The first-order valence-corrected chi connectivity index (χ1v) is 6.23. The van der Waals surface area contributed by atoms with Crippen LogP contribution in [-0.2, 0) is 0 Å². The molecule has 1 rings (SSSR count). The maximum Gasteiger partial charge on any atom is 0.0746 e. The van der Waals surface area contributed by atoms with Crippen molar-refractivity contribution in [2.45, 2.75) is 59.1 Å². The summed E-state index contributed by atoms with van der Waals surface area (Å²) in [4.78, 5) is 2.35. The number of nitrogens with zero attached hydrogens (tertiary/aromatic N) is 1. The summed E-state index contributed by atoms with van der Waals surface area (Å²) in [5.41, 5.74) is 0.108. The van der Waals surface area contributed by atoms with Crippen molar-refractivity contribution in [2.24, 2.45) is 11.3 Å². The van der Waals surface area contributed by atoms with Crippen LogP contribution in [0.4, 0.5) is 0 Å². The van der Waals surface area contributed by atoms with Crippen molar-refractivity contribution in [2.75, 3.05) is 13.6 Å². The number of aliphatic hydroxyl groups excluding tert-OH is 1. The van der Waals surface area contributed by atoms with Crippen LogP contribution in [0.5, 0.6) is 0 Å². The first kappa shape index (κ1) is 13.0. The quantitative estimate of drug-likeness (QED) is 0.775. The Hall–Kier alpha value is -0.0800. The Morgan fingerprint density at radius 2 is 2.00 bits per heavy atom. The number of aliphatic hydroxyl groups is 1. The molecule has 1 fully saturated rings. The molecule has 90 valence electrons. The van der Waals surface area contributed by atoms with Crippen LogP contribution in [0.3, 0.4) is 0 Å². The average Bonchev–Trinajstić information content (AvgIpc) is 2.39. The van der Waals surface area contributed by atoms with E-state index in [1.54, 1.807) is 0 Å². The molecule has 0 amide bonds. The Kier molecular flexibility index (Phi) is 4.19. The zero-order chi connectivity index (χ0) is 11.6. The first-order chi connectivity index (χ1) is 6.84. The fraction of sp³-hybridized carbons (Fsp3) is 1.00. The molecule has 0 spiro atoms. The van der Waals surface area contributed by atoms with Crippen molar-refractivity contribution < 1.29 is 5.11 Å². The number of hydrogen-bond donors (Lipinski definition) is 1. The molecule has 0 saturated heterocycles. The second-order valence-corrected chi connectivity index (χ2v) is 6.20. The average molecular weight is 213 g/mol. The summed E-state index contributed by atoms with van der Waals surface area (Å²) >= 11 is 0. The van der Waals surface area contributed by atoms with Gasteiger partial charge in [-0.2, -0.15) is 0 Å². The van der Waals surface area contributed by atoms with E-state index in [0.717, 1.165) is 25.3 Å². The second kappa shape index (κ2) is 4.84. The molecule has 2 atom stereocenters. The Morgan fingerprint density at radius 1 is 1.40 bits per heavy atom. The zero-order valence-electron chi connectivity index (χ0n) is 11.0. The Morgan fingerprint density at radius 3 is 2.40 bits per heavy atom. The minimum atomic E-state index is -0.158. The lowest BCUT2D eigenvalue weighted by molar-refractivity contribution is 0.0221. The van der Waals surface area contributed by atoms with Gasteiger partial charge in [-0.3, -0.25) is 0 Å². The second-order valence-electron chi connectivity index (χ2n) is 6.20. The lowest BCUT2D eigenvalue weighted by Gasteiger charge is -2.31. The molecule has 0 bridgehead atoms. The van der Waals surface area contributed by atoms with E-state index in [-0.39, 0.29) is 11.5 Å². The van der Waals surface area contributed by atoms with Crippen molar-refractivity contribution in [1.82, 2.24) is 4.90 Å². The maximum atomic E-state index is 10.2. The van der Waals surface area contributed by atoms with Gasteiger partial charge in [0.05, 0.1) is 6.10 Å². The van der Waals surface area contributed by atoms with E-state index in [2.05, 4.69) is 39.6 Å². The largest absolute Gasteiger partial charge is 0.391 e. The monoisotopic (exact) mass is 213 g/mol. The van der Waals surface area contributed by atoms with Crippen molar-refractivity contribution in [3.63, 3.8) is 0 Å². The third kappa shape index (κ3) is 3.18. The molecule has 1 N–H and O–H groups in total. The van der Waals surface area contributed by atoms with Gasteiger partial charge in [0.15, 0.2) is 0 Å². The summed E-state index contributed by atoms with van der Waals surface area (Å²) in [7, 11) is 2.15. The van der Waals surface area contributed by atoms with Gasteiger partial charge in [0.25, 0.3) is 0 Å². The van der Waals surface area contributed by atoms with Gasteiger partial charge in [-0.15, -0.1) is 0 Å². The van der Waals surface area contributed by atoms with E-state index in [1.807, 2.05) is 0 Å². The van der Waals surface area contributed by atoms with E-state index in [4.69, 9.17) is 0 Å². The van der Waals surface area contributed by atoms with Gasteiger partial charge in [0, 0.05) is 6.04 Å². The smallest absolute Gasteiger partial charge is 0.0746 e. The summed E-state index contributed by atoms with van der Waals surface area (Å²) in [6.45, 7) is 9.96. The molecule has 1 saturated carbocycles. The van der Waals surface area contributed by atoms with Gasteiger partial charge in [0.2, 0.25) is 0 Å². The highest BCUT2D eigenvalue weighted by atomic mass is 16.3. The topological polar surface area (TPSA) is 23.5 Å². The molecule has 0 aromatic carbocycles. The van der Waals surface area contributed by atoms with E-state index in [0.29, 0.717) is 6.04 Å². The Balaban J connectivity index is 2.44. The summed E-state index contributed by atoms with van der Waals surface area (Å²) < 4.78 is 0. The predicted molar refractivity (Wildman–Crippen MR) is 64.9 cm³/mol. The van der Waals surface area contributed by atoms with Crippen LogP contribution in [0.15, 0.2) is 0 Å². The molecule has 1 aliphatic carbocycles. The summed E-state index contributed by atoms with van der Waals surface area (Å²) in [5, 5.41) is 10.2. The van der Waals surface area contributed by atoms with Crippen LogP contribution in [0.1, 0.15) is 47.0 Å². The number of rotatable bonds is 4. The van der Waals surface area contributed by atoms with E-state index in [9.17, 15) is 5.11 Å². The van der Waals surface area contributed by atoms with Crippen molar-refractivity contribution in [3.05, 3.63) is 0 Å². The third-order valence-electron chi connectivity index (χ3n) is 3.87. The highest BCUT2D eigenvalue weighted by molar-refractivity contribution is 4.95. The lowest BCUT2D eigenvalue weighted by Crippen LogP contribution is -2.42. The molecule has 0 radical (unpaired) electrons. The van der Waals surface area contributed by atoms with Gasteiger partial charge in [-0.1, -0.05) is 27.7 Å². The molecular formula is C13H27NO. The lowest BCUT2D eigenvalue weighted by atomic mass is 9.88. The Labute approximate surface area is 94.7 Å². The van der Waals surface area contributed by atoms with Crippen LogP contribution >= 0.6 is 0 Å². The maximum absolute atomic E-state index is 10.2.